The Labute approximate surface area is 128 Å². The van der Waals surface area contributed by atoms with Gasteiger partial charge in [-0.3, -0.25) is 4.79 Å². The molecule has 1 amide bonds. The van der Waals surface area contributed by atoms with E-state index in [1.807, 2.05) is 23.1 Å². The second kappa shape index (κ2) is 8.03. The molecule has 4 nitrogen and oxygen atoms in total. The van der Waals surface area contributed by atoms with E-state index in [2.05, 4.69) is 30.1 Å². The molecule has 1 saturated heterocycles. The molecule has 4 heteroatoms. The number of carbonyl (C=O) groups is 1. The van der Waals surface area contributed by atoms with Crippen LogP contribution < -0.4 is 10.2 Å². The molecule has 1 aliphatic heterocycles. The van der Waals surface area contributed by atoms with Crippen LogP contribution in [0, 0.1) is 0 Å². The molecule has 0 unspecified atom stereocenters. The van der Waals surface area contributed by atoms with Gasteiger partial charge in [0.05, 0.1) is 5.56 Å². The first-order valence-corrected chi connectivity index (χ1v) is 8.11. The van der Waals surface area contributed by atoms with Gasteiger partial charge in [-0.25, -0.2) is 0 Å². The van der Waals surface area contributed by atoms with Crippen molar-refractivity contribution >= 4 is 11.6 Å². The lowest BCUT2D eigenvalue weighted by Gasteiger charge is -2.32. The zero-order valence-corrected chi connectivity index (χ0v) is 13.3. The van der Waals surface area contributed by atoms with Crippen molar-refractivity contribution in [2.24, 2.45) is 0 Å². The van der Waals surface area contributed by atoms with Crippen molar-refractivity contribution in [1.29, 1.82) is 0 Å². The highest BCUT2D eigenvalue weighted by Gasteiger charge is 2.21. The van der Waals surface area contributed by atoms with Crippen molar-refractivity contribution < 1.29 is 4.79 Å². The number of rotatable bonds is 6. The van der Waals surface area contributed by atoms with Crippen LogP contribution in [0.15, 0.2) is 24.3 Å². The Kier molecular flexibility index (Phi) is 6.05. The van der Waals surface area contributed by atoms with Gasteiger partial charge in [0, 0.05) is 45.0 Å². The molecule has 1 fully saturated rings. The Morgan fingerprint density at radius 2 is 1.76 bits per heavy atom. The third-order valence-corrected chi connectivity index (χ3v) is 3.87. The largest absolute Gasteiger partial charge is 0.368 e. The van der Waals surface area contributed by atoms with E-state index in [1.165, 1.54) is 0 Å². The average Bonchev–Trinajstić information content (AvgIpc) is 2.55. The monoisotopic (exact) mass is 289 g/mol. The minimum Gasteiger partial charge on any atom is -0.368 e. The fourth-order valence-corrected chi connectivity index (χ4v) is 2.86. The van der Waals surface area contributed by atoms with Crippen LogP contribution in [0.25, 0.3) is 0 Å². The van der Waals surface area contributed by atoms with Crippen molar-refractivity contribution in [3.63, 3.8) is 0 Å². The first-order chi connectivity index (χ1) is 10.3. The number of para-hydroxylation sites is 1. The van der Waals surface area contributed by atoms with Crippen molar-refractivity contribution in [2.45, 2.75) is 26.7 Å². The highest BCUT2D eigenvalue weighted by Crippen LogP contribution is 2.22. The molecule has 0 aliphatic carbocycles. The fourth-order valence-electron chi connectivity index (χ4n) is 2.86. The maximum atomic E-state index is 12.9. The van der Waals surface area contributed by atoms with Crippen LogP contribution in [-0.2, 0) is 0 Å². The number of anilines is 1. The minimum absolute atomic E-state index is 0.174. The molecule has 116 valence electrons. The Morgan fingerprint density at radius 1 is 1.14 bits per heavy atom. The maximum absolute atomic E-state index is 12.9. The lowest BCUT2D eigenvalue weighted by Crippen LogP contribution is -2.44. The Hall–Kier alpha value is -1.55. The number of nitrogens with one attached hydrogen (secondary N) is 1. The number of carbonyl (C=O) groups excluding carboxylic acids is 1. The molecule has 1 heterocycles. The third kappa shape index (κ3) is 3.97. The molecule has 1 N–H and O–H groups in total. The van der Waals surface area contributed by atoms with Crippen LogP contribution in [0.5, 0.6) is 0 Å². The van der Waals surface area contributed by atoms with Gasteiger partial charge in [-0.1, -0.05) is 26.0 Å². The van der Waals surface area contributed by atoms with E-state index in [0.717, 1.165) is 63.4 Å². The van der Waals surface area contributed by atoms with Crippen LogP contribution >= 0.6 is 0 Å². The lowest BCUT2D eigenvalue weighted by molar-refractivity contribution is 0.0756. The molecule has 0 saturated carbocycles. The van der Waals surface area contributed by atoms with Crippen molar-refractivity contribution in [3.8, 4) is 0 Å². The van der Waals surface area contributed by atoms with E-state index < -0.39 is 0 Å². The lowest BCUT2D eigenvalue weighted by atomic mass is 10.1. The molecule has 21 heavy (non-hydrogen) atoms. The second-order valence-corrected chi connectivity index (χ2v) is 5.55. The van der Waals surface area contributed by atoms with Gasteiger partial charge in [0.25, 0.3) is 5.91 Å². The fraction of sp³-hybridized carbons (Fsp3) is 0.588. The number of nitrogens with zero attached hydrogens (tertiary/aromatic N) is 2. The van der Waals surface area contributed by atoms with Crippen molar-refractivity contribution in [2.75, 3.05) is 44.2 Å². The van der Waals surface area contributed by atoms with Gasteiger partial charge in [0.15, 0.2) is 0 Å². The molecule has 1 aliphatic rings. The van der Waals surface area contributed by atoms with Crippen LogP contribution in [0.4, 0.5) is 5.69 Å². The summed E-state index contributed by atoms with van der Waals surface area (Å²) in [6.07, 6.45) is 2.00. The summed E-state index contributed by atoms with van der Waals surface area (Å²) in [7, 11) is 0. The standard InChI is InChI=1S/C17H27N3O/c1-3-11-20(12-4-2)17(21)15-7-5-6-8-16(15)19-13-9-18-10-14-19/h5-8,18H,3-4,9-14H2,1-2H3. The molecule has 1 aromatic rings. The topological polar surface area (TPSA) is 35.6 Å². The summed E-state index contributed by atoms with van der Waals surface area (Å²) in [5, 5.41) is 3.36. The molecule has 0 spiro atoms. The van der Waals surface area contributed by atoms with Crippen LogP contribution in [0.3, 0.4) is 0 Å². The van der Waals surface area contributed by atoms with Crippen molar-refractivity contribution in [3.05, 3.63) is 29.8 Å². The van der Waals surface area contributed by atoms with Gasteiger partial charge in [0.2, 0.25) is 0 Å². The summed E-state index contributed by atoms with van der Waals surface area (Å²) in [5.41, 5.74) is 1.93. The molecule has 0 aromatic heterocycles. The minimum atomic E-state index is 0.174. The zero-order chi connectivity index (χ0) is 15.1. The SMILES string of the molecule is CCCN(CCC)C(=O)c1ccccc1N1CCNCC1. The number of benzene rings is 1. The first kappa shape index (κ1) is 15.8. The third-order valence-electron chi connectivity index (χ3n) is 3.87. The van der Waals surface area contributed by atoms with E-state index in [1.54, 1.807) is 0 Å². The molecular weight excluding hydrogens is 262 g/mol. The van der Waals surface area contributed by atoms with Gasteiger partial charge < -0.3 is 15.1 Å². The Bertz CT molecular complexity index is 449. The van der Waals surface area contributed by atoms with Gasteiger partial charge in [-0.15, -0.1) is 0 Å². The molecule has 1 aromatic carbocycles. The van der Waals surface area contributed by atoms with E-state index in [4.69, 9.17) is 0 Å². The number of hydrogen-bond acceptors (Lipinski definition) is 3. The quantitative estimate of drug-likeness (QED) is 0.873. The van der Waals surface area contributed by atoms with E-state index >= 15 is 0 Å². The summed E-state index contributed by atoms with van der Waals surface area (Å²) in [4.78, 5) is 17.2. The van der Waals surface area contributed by atoms with E-state index in [-0.39, 0.29) is 5.91 Å². The molecular formula is C17H27N3O. The summed E-state index contributed by atoms with van der Waals surface area (Å²) in [6, 6.07) is 8.04. The maximum Gasteiger partial charge on any atom is 0.255 e. The van der Waals surface area contributed by atoms with Gasteiger partial charge in [0.1, 0.15) is 0 Å². The number of hydrogen-bond donors (Lipinski definition) is 1. The molecule has 2 rings (SSSR count). The van der Waals surface area contributed by atoms with Crippen LogP contribution in [0.2, 0.25) is 0 Å². The summed E-state index contributed by atoms with van der Waals surface area (Å²) in [5.74, 6) is 0.174. The second-order valence-electron chi connectivity index (χ2n) is 5.55. The Morgan fingerprint density at radius 3 is 2.38 bits per heavy atom. The smallest absolute Gasteiger partial charge is 0.255 e. The highest BCUT2D eigenvalue weighted by molar-refractivity contribution is 5.99. The van der Waals surface area contributed by atoms with Gasteiger partial charge in [-0.2, -0.15) is 0 Å². The van der Waals surface area contributed by atoms with Gasteiger partial charge in [-0.05, 0) is 25.0 Å². The number of piperazine rings is 1. The van der Waals surface area contributed by atoms with E-state index in [9.17, 15) is 4.79 Å². The zero-order valence-electron chi connectivity index (χ0n) is 13.3. The Balaban J connectivity index is 2.23. The summed E-state index contributed by atoms with van der Waals surface area (Å²) >= 11 is 0. The molecule has 0 atom stereocenters. The van der Waals surface area contributed by atoms with Crippen LogP contribution in [-0.4, -0.2) is 50.1 Å². The predicted molar refractivity (Wildman–Crippen MR) is 88.0 cm³/mol. The highest BCUT2D eigenvalue weighted by atomic mass is 16.2. The van der Waals surface area contributed by atoms with Gasteiger partial charge >= 0.3 is 0 Å². The van der Waals surface area contributed by atoms with E-state index in [0.29, 0.717) is 0 Å². The summed E-state index contributed by atoms with van der Waals surface area (Å²) in [6.45, 7) is 9.81. The predicted octanol–water partition coefficient (Wildman–Crippen LogP) is 2.36. The normalized spacial score (nSPS) is 15.0. The summed E-state index contributed by atoms with van der Waals surface area (Å²) < 4.78 is 0. The number of amides is 1. The molecule has 0 bridgehead atoms. The molecule has 0 radical (unpaired) electrons. The van der Waals surface area contributed by atoms with Crippen molar-refractivity contribution in [1.82, 2.24) is 10.2 Å². The van der Waals surface area contributed by atoms with Crippen LogP contribution in [0.1, 0.15) is 37.0 Å². The first-order valence-electron chi connectivity index (χ1n) is 8.11. The average molecular weight is 289 g/mol.